The van der Waals surface area contributed by atoms with Crippen LogP contribution in [-0.4, -0.2) is 77.6 Å². The molecule has 1 saturated carbocycles. The number of aliphatic hydroxyl groups excluding tert-OH is 1. The fourth-order valence-corrected chi connectivity index (χ4v) is 3.65. The Bertz CT molecular complexity index is 1250. The molecule has 4 atom stereocenters. The number of carbonyl (C=O) groups excluding carboxylic acids is 2. The van der Waals surface area contributed by atoms with Gasteiger partial charge >= 0.3 is 17.9 Å². The third-order valence-electron chi connectivity index (χ3n) is 5.68. The van der Waals surface area contributed by atoms with E-state index in [0.29, 0.717) is 5.56 Å². The normalized spacial score (nSPS) is 23.7. The number of carbonyl (C=O) groups is 3. The van der Waals surface area contributed by atoms with Crippen molar-refractivity contribution in [2.45, 2.75) is 36.8 Å². The Morgan fingerprint density at radius 2 is 1.30 bits per heavy atom. The van der Waals surface area contributed by atoms with Gasteiger partial charge in [-0.1, -0.05) is 12.1 Å². The Hall–Kier alpha value is -4.55. The van der Waals surface area contributed by atoms with Crippen LogP contribution in [-0.2, 0) is 23.9 Å². The van der Waals surface area contributed by atoms with Crippen molar-refractivity contribution in [3.8, 4) is 23.0 Å². The molecule has 0 bridgehead atoms. The summed E-state index contributed by atoms with van der Waals surface area (Å²) in [4.78, 5) is 36.3. The van der Waals surface area contributed by atoms with E-state index in [1.807, 2.05) is 0 Å². The van der Waals surface area contributed by atoms with Gasteiger partial charge in [-0.15, -0.1) is 0 Å². The summed E-state index contributed by atoms with van der Waals surface area (Å²) in [7, 11) is 0. The lowest BCUT2D eigenvalue weighted by atomic mass is 9.78. The zero-order chi connectivity index (χ0) is 27.3. The van der Waals surface area contributed by atoms with Gasteiger partial charge in [0, 0.05) is 12.2 Å². The van der Waals surface area contributed by atoms with Gasteiger partial charge in [-0.05, 0) is 60.4 Å². The predicted molar refractivity (Wildman–Crippen MR) is 125 cm³/mol. The predicted octanol–water partition coefficient (Wildman–Crippen LogP) is 1.03. The fraction of sp³-hybridized carbons (Fsp3) is 0.240. The number of rotatable bonds is 7. The number of benzene rings is 2. The molecule has 0 spiro atoms. The van der Waals surface area contributed by atoms with Crippen LogP contribution in [0.1, 0.15) is 24.0 Å². The van der Waals surface area contributed by atoms with Gasteiger partial charge in [0.15, 0.2) is 29.1 Å². The van der Waals surface area contributed by atoms with E-state index >= 15 is 0 Å². The van der Waals surface area contributed by atoms with Gasteiger partial charge in [-0.25, -0.2) is 14.4 Å². The highest BCUT2D eigenvalue weighted by atomic mass is 16.6. The molecule has 1 aliphatic rings. The van der Waals surface area contributed by atoms with Gasteiger partial charge in [0.2, 0.25) is 5.60 Å². The smallest absolute Gasteiger partial charge is 0.339 e. The second-order valence-electron chi connectivity index (χ2n) is 8.25. The van der Waals surface area contributed by atoms with Crippen LogP contribution >= 0.6 is 0 Å². The Kier molecular flexibility index (Phi) is 8.05. The molecule has 0 heterocycles. The van der Waals surface area contributed by atoms with Crippen molar-refractivity contribution in [1.29, 1.82) is 0 Å². The molecular weight excluding hydrogens is 492 g/mol. The Balaban J connectivity index is 1.71. The SMILES string of the molecule is O=C(C=Cc1ccc(O)c(O)c1)O[C@@H]1CC[C@](O)(C(=O)O)[C@@H](OC(=O)C=Cc2ccc(O)c(O)c2)[C@H]1O. The van der Waals surface area contributed by atoms with Gasteiger partial charge in [0.05, 0.1) is 0 Å². The molecular formula is C25H24O12. The summed E-state index contributed by atoms with van der Waals surface area (Å²) >= 11 is 0. The number of hydrogen-bond donors (Lipinski definition) is 7. The van der Waals surface area contributed by atoms with Crippen LogP contribution in [0.4, 0.5) is 0 Å². The third-order valence-corrected chi connectivity index (χ3v) is 5.68. The number of hydrogen-bond acceptors (Lipinski definition) is 11. The Labute approximate surface area is 209 Å². The number of esters is 2. The van der Waals surface area contributed by atoms with Crippen molar-refractivity contribution in [1.82, 2.24) is 0 Å². The van der Waals surface area contributed by atoms with Crippen LogP contribution in [0.2, 0.25) is 0 Å². The van der Waals surface area contributed by atoms with Gasteiger partial charge < -0.3 is 45.2 Å². The Morgan fingerprint density at radius 1 is 0.811 bits per heavy atom. The molecule has 1 fully saturated rings. The van der Waals surface area contributed by atoms with Crippen molar-refractivity contribution in [3.05, 3.63) is 59.7 Å². The zero-order valence-corrected chi connectivity index (χ0v) is 19.1. The summed E-state index contributed by atoms with van der Waals surface area (Å²) in [6.45, 7) is 0. The van der Waals surface area contributed by atoms with E-state index < -0.39 is 59.7 Å². The monoisotopic (exact) mass is 516 g/mol. The molecule has 12 nitrogen and oxygen atoms in total. The van der Waals surface area contributed by atoms with Crippen LogP contribution in [0.25, 0.3) is 12.2 Å². The van der Waals surface area contributed by atoms with Crippen LogP contribution in [0.5, 0.6) is 23.0 Å². The highest BCUT2D eigenvalue weighted by Gasteiger charge is 2.56. The summed E-state index contributed by atoms with van der Waals surface area (Å²) in [5.41, 5.74) is -2.04. The molecule has 7 N–H and O–H groups in total. The summed E-state index contributed by atoms with van der Waals surface area (Å²) in [5.74, 6) is -5.44. The number of aliphatic hydroxyl groups is 2. The van der Waals surface area contributed by atoms with Crippen molar-refractivity contribution in [3.63, 3.8) is 0 Å². The molecule has 1 aliphatic carbocycles. The summed E-state index contributed by atoms with van der Waals surface area (Å²) < 4.78 is 10.2. The van der Waals surface area contributed by atoms with E-state index in [2.05, 4.69) is 0 Å². The second kappa shape index (κ2) is 11.0. The maximum Gasteiger partial charge on any atom is 0.339 e. The minimum absolute atomic E-state index is 0.264. The van der Waals surface area contributed by atoms with E-state index in [0.717, 1.165) is 18.2 Å². The molecule has 0 radical (unpaired) electrons. The van der Waals surface area contributed by atoms with Crippen molar-refractivity contribution < 1.29 is 59.6 Å². The number of ether oxygens (including phenoxy) is 2. The quantitative estimate of drug-likeness (QED) is 0.156. The topological polar surface area (TPSA) is 211 Å². The highest BCUT2D eigenvalue weighted by molar-refractivity contribution is 5.89. The largest absolute Gasteiger partial charge is 0.504 e. The third kappa shape index (κ3) is 6.37. The fourth-order valence-electron chi connectivity index (χ4n) is 3.65. The maximum atomic E-state index is 12.3. The van der Waals surface area contributed by atoms with Gasteiger partial charge in [-0.3, -0.25) is 0 Å². The van der Waals surface area contributed by atoms with E-state index in [4.69, 9.17) is 9.47 Å². The van der Waals surface area contributed by atoms with E-state index in [1.165, 1.54) is 42.5 Å². The van der Waals surface area contributed by atoms with Crippen molar-refractivity contribution in [2.24, 2.45) is 0 Å². The molecule has 2 aromatic carbocycles. The summed E-state index contributed by atoms with van der Waals surface area (Å²) in [6, 6.07) is 7.48. The average Bonchev–Trinajstić information content (AvgIpc) is 2.85. The zero-order valence-electron chi connectivity index (χ0n) is 19.1. The lowest BCUT2D eigenvalue weighted by Crippen LogP contribution is -2.63. The number of phenols is 4. The average molecular weight is 516 g/mol. The van der Waals surface area contributed by atoms with Gasteiger partial charge in [0.25, 0.3) is 0 Å². The first-order valence-electron chi connectivity index (χ1n) is 10.9. The Morgan fingerprint density at radius 3 is 1.76 bits per heavy atom. The molecule has 0 aromatic heterocycles. The van der Waals surface area contributed by atoms with Crippen LogP contribution in [0, 0.1) is 0 Å². The molecule has 196 valence electrons. The van der Waals surface area contributed by atoms with Crippen LogP contribution in [0.15, 0.2) is 48.6 Å². The van der Waals surface area contributed by atoms with Crippen molar-refractivity contribution >= 4 is 30.1 Å². The molecule has 2 aromatic rings. The first-order valence-corrected chi connectivity index (χ1v) is 10.9. The van der Waals surface area contributed by atoms with Crippen LogP contribution < -0.4 is 0 Å². The lowest BCUT2D eigenvalue weighted by Gasteiger charge is -2.41. The molecule has 0 unspecified atom stereocenters. The minimum atomic E-state index is -2.66. The number of carboxylic acid groups (broad SMARTS) is 1. The number of phenolic OH excluding ortho intramolecular Hbond substituents is 4. The number of carboxylic acids is 1. The highest BCUT2D eigenvalue weighted by Crippen LogP contribution is 2.34. The molecule has 12 heteroatoms. The second-order valence-corrected chi connectivity index (χ2v) is 8.25. The molecule has 0 aliphatic heterocycles. The van der Waals surface area contributed by atoms with E-state index in [1.54, 1.807) is 0 Å². The summed E-state index contributed by atoms with van der Waals surface area (Å²) in [6.07, 6.45) is -1.76. The first kappa shape index (κ1) is 27.0. The molecule has 37 heavy (non-hydrogen) atoms. The van der Waals surface area contributed by atoms with E-state index in [9.17, 15) is 50.1 Å². The van der Waals surface area contributed by atoms with E-state index in [-0.39, 0.29) is 23.5 Å². The summed E-state index contributed by atoms with van der Waals surface area (Å²) in [5, 5.41) is 68.5. The van der Waals surface area contributed by atoms with Crippen LogP contribution in [0.3, 0.4) is 0 Å². The van der Waals surface area contributed by atoms with Gasteiger partial charge in [-0.2, -0.15) is 0 Å². The molecule has 0 saturated heterocycles. The molecule has 3 rings (SSSR count). The number of aromatic hydroxyl groups is 4. The first-order chi connectivity index (χ1) is 17.4. The van der Waals surface area contributed by atoms with Gasteiger partial charge in [0.1, 0.15) is 12.2 Å². The standard InChI is InChI=1S/C25H24O12/c26-15-5-1-13(11-17(15)28)3-7-20(30)36-19-9-10-25(35,24(33)34)23(22(19)32)37-21(31)8-4-14-2-6-16(27)18(29)12-14/h1-8,11-12,19,22-23,26-29,32,35H,9-10H2,(H,33,34)/t19-,22+,23+,25-/m1/s1. The minimum Gasteiger partial charge on any atom is -0.504 e. The molecule has 0 amide bonds. The number of aliphatic carboxylic acids is 1. The lowest BCUT2D eigenvalue weighted by molar-refractivity contribution is -0.220. The maximum absolute atomic E-state index is 12.3. The van der Waals surface area contributed by atoms with Crippen molar-refractivity contribution in [2.75, 3.05) is 0 Å².